The Labute approximate surface area is 148 Å². The average Bonchev–Trinajstić information content (AvgIpc) is 3.11. The topological polar surface area (TPSA) is 92.7 Å². The Hall–Kier alpha value is -3.48. The largest absolute Gasteiger partial charge is 0.361 e. The first-order valence-electron chi connectivity index (χ1n) is 8.40. The maximum atomic E-state index is 12.4. The second-order valence-corrected chi connectivity index (χ2v) is 6.07. The molecule has 0 fully saturated rings. The number of anilines is 1. The molecule has 0 radical (unpaired) electrons. The van der Waals surface area contributed by atoms with Gasteiger partial charge in [0.15, 0.2) is 0 Å². The molecule has 0 bridgehead atoms. The molecule has 0 unspecified atom stereocenters. The van der Waals surface area contributed by atoms with Crippen LogP contribution in [0.25, 0.3) is 21.8 Å². The molecule has 7 heteroatoms. The lowest BCUT2D eigenvalue weighted by molar-refractivity contribution is -0.116. The van der Waals surface area contributed by atoms with Crippen molar-refractivity contribution in [2.24, 2.45) is 0 Å². The Morgan fingerprint density at radius 1 is 1.15 bits per heavy atom. The van der Waals surface area contributed by atoms with Crippen LogP contribution in [0.4, 0.5) is 5.69 Å². The van der Waals surface area contributed by atoms with Gasteiger partial charge in [-0.25, -0.2) is 4.68 Å². The lowest BCUT2D eigenvalue weighted by Crippen LogP contribution is -2.25. The second-order valence-electron chi connectivity index (χ2n) is 6.07. The number of nitrogens with zero attached hydrogens (tertiary/aromatic N) is 3. The molecule has 0 saturated carbocycles. The first kappa shape index (κ1) is 16.0. The number of fused-ring (bicyclic) bond motifs is 2. The molecule has 0 spiro atoms. The van der Waals surface area contributed by atoms with Gasteiger partial charge >= 0.3 is 0 Å². The summed E-state index contributed by atoms with van der Waals surface area (Å²) in [5.74, 6) is -0.0957. The maximum absolute atomic E-state index is 12.4. The van der Waals surface area contributed by atoms with Gasteiger partial charge in [-0.15, -0.1) is 5.10 Å². The third-order valence-electron chi connectivity index (χ3n) is 4.24. The first-order chi connectivity index (χ1) is 12.7. The second kappa shape index (κ2) is 6.79. The molecule has 2 heterocycles. The van der Waals surface area contributed by atoms with E-state index < -0.39 is 0 Å². The highest BCUT2D eigenvalue weighted by atomic mass is 16.1. The van der Waals surface area contributed by atoms with Crippen LogP contribution in [0.15, 0.2) is 59.5 Å². The lowest BCUT2D eigenvalue weighted by atomic mass is 10.2. The molecule has 2 N–H and O–H groups in total. The molecule has 2 aromatic carbocycles. The van der Waals surface area contributed by atoms with Gasteiger partial charge in [-0.3, -0.25) is 9.59 Å². The van der Waals surface area contributed by atoms with E-state index in [4.69, 9.17) is 0 Å². The number of H-pyrrole nitrogens is 1. The third-order valence-corrected chi connectivity index (χ3v) is 4.24. The van der Waals surface area contributed by atoms with Crippen molar-refractivity contribution >= 4 is 33.4 Å². The summed E-state index contributed by atoms with van der Waals surface area (Å²) >= 11 is 0. The van der Waals surface area contributed by atoms with Crippen LogP contribution in [0.5, 0.6) is 0 Å². The predicted molar refractivity (Wildman–Crippen MR) is 100.0 cm³/mol. The van der Waals surface area contributed by atoms with Gasteiger partial charge in [-0.2, -0.15) is 0 Å². The minimum atomic E-state index is -0.186. The van der Waals surface area contributed by atoms with E-state index in [1.54, 1.807) is 18.2 Å². The standard InChI is InChI=1S/C19H17N5O2/c25-18(21-14-7-8-16-13(12-14)9-10-20-16)6-3-11-24-19(26)15-4-1-2-5-17(15)22-23-24/h1-2,4-5,7-10,12,20H,3,6,11H2,(H,21,25). The highest BCUT2D eigenvalue weighted by molar-refractivity contribution is 5.93. The van der Waals surface area contributed by atoms with Gasteiger partial charge in [0, 0.05) is 35.8 Å². The van der Waals surface area contributed by atoms with Gasteiger partial charge in [0.2, 0.25) is 5.91 Å². The minimum Gasteiger partial charge on any atom is -0.361 e. The Balaban J connectivity index is 1.37. The van der Waals surface area contributed by atoms with Crippen LogP contribution in [0.3, 0.4) is 0 Å². The van der Waals surface area contributed by atoms with E-state index in [0.29, 0.717) is 30.3 Å². The van der Waals surface area contributed by atoms with Crippen molar-refractivity contribution in [1.29, 1.82) is 0 Å². The van der Waals surface area contributed by atoms with Crippen molar-refractivity contribution in [3.05, 3.63) is 65.1 Å². The zero-order chi connectivity index (χ0) is 17.9. The summed E-state index contributed by atoms with van der Waals surface area (Å²) in [5, 5.41) is 12.4. The van der Waals surface area contributed by atoms with Crippen molar-refractivity contribution in [3.8, 4) is 0 Å². The number of hydrogen-bond acceptors (Lipinski definition) is 4. The summed E-state index contributed by atoms with van der Waals surface area (Å²) < 4.78 is 1.31. The van der Waals surface area contributed by atoms with Crippen LogP contribution < -0.4 is 10.9 Å². The number of rotatable bonds is 5. The molecule has 0 aliphatic heterocycles. The number of amides is 1. The quantitative estimate of drug-likeness (QED) is 0.580. The number of aromatic nitrogens is 4. The molecule has 4 rings (SSSR count). The molecule has 130 valence electrons. The normalized spacial score (nSPS) is 11.1. The highest BCUT2D eigenvalue weighted by Crippen LogP contribution is 2.18. The summed E-state index contributed by atoms with van der Waals surface area (Å²) in [6, 6.07) is 14.8. The van der Waals surface area contributed by atoms with E-state index in [2.05, 4.69) is 20.6 Å². The number of aryl methyl sites for hydroxylation is 1. The van der Waals surface area contributed by atoms with Crippen LogP contribution in [-0.4, -0.2) is 25.9 Å². The Morgan fingerprint density at radius 2 is 2.04 bits per heavy atom. The van der Waals surface area contributed by atoms with E-state index in [0.717, 1.165) is 16.6 Å². The molecule has 1 amide bonds. The van der Waals surface area contributed by atoms with Gasteiger partial charge in [-0.1, -0.05) is 17.3 Å². The SMILES string of the molecule is O=C(CCCn1nnc2ccccc2c1=O)Nc1ccc2[nH]ccc2c1. The summed E-state index contributed by atoms with van der Waals surface area (Å²) in [4.78, 5) is 27.6. The summed E-state index contributed by atoms with van der Waals surface area (Å²) in [6.07, 6.45) is 2.66. The van der Waals surface area contributed by atoms with Crippen LogP contribution in [-0.2, 0) is 11.3 Å². The average molecular weight is 347 g/mol. The van der Waals surface area contributed by atoms with E-state index in [1.807, 2.05) is 36.5 Å². The molecule has 7 nitrogen and oxygen atoms in total. The van der Waals surface area contributed by atoms with Gasteiger partial charge in [-0.05, 0) is 42.8 Å². The van der Waals surface area contributed by atoms with E-state index in [1.165, 1.54) is 4.68 Å². The fraction of sp³-hybridized carbons (Fsp3) is 0.158. The van der Waals surface area contributed by atoms with Crippen molar-refractivity contribution in [2.75, 3.05) is 5.32 Å². The predicted octanol–water partition coefficient (Wildman–Crippen LogP) is 2.69. The Kier molecular flexibility index (Phi) is 4.18. The zero-order valence-corrected chi connectivity index (χ0v) is 14.0. The van der Waals surface area contributed by atoms with Crippen LogP contribution >= 0.6 is 0 Å². The van der Waals surface area contributed by atoms with E-state index >= 15 is 0 Å². The molecule has 4 aromatic rings. The van der Waals surface area contributed by atoms with Crippen molar-refractivity contribution < 1.29 is 4.79 Å². The van der Waals surface area contributed by atoms with E-state index in [-0.39, 0.29) is 11.5 Å². The van der Waals surface area contributed by atoms with Crippen LogP contribution in [0, 0.1) is 0 Å². The lowest BCUT2D eigenvalue weighted by Gasteiger charge is -2.07. The molecule has 0 saturated heterocycles. The van der Waals surface area contributed by atoms with E-state index in [9.17, 15) is 9.59 Å². The molecule has 0 atom stereocenters. The number of carbonyl (C=O) groups excluding carboxylic acids is 1. The highest BCUT2D eigenvalue weighted by Gasteiger charge is 2.07. The smallest absolute Gasteiger partial charge is 0.277 e. The molecule has 2 aromatic heterocycles. The van der Waals surface area contributed by atoms with Crippen LogP contribution in [0.2, 0.25) is 0 Å². The van der Waals surface area contributed by atoms with Gasteiger partial charge < -0.3 is 10.3 Å². The van der Waals surface area contributed by atoms with Gasteiger partial charge in [0.05, 0.1) is 5.39 Å². The summed E-state index contributed by atoms with van der Waals surface area (Å²) in [5.41, 5.74) is 2.17. The van der Waals surface area contributed by atoms with Crippen molar-refractivity contribution in [2.45, 2.75) is 19.4 Å². The van der Waals surface area contributed by atoms with Crippen LogP contribution in [0.1, 0.15) is 12.8 Å². The Bertz CT molecular complexity index is 1150. The van der Waals surface area contributed by atoms with Gasteiger partial charge in [0.1, 0.15) is 5.52 Å². The first-order valence-corrected chi connectivity index (χ1v) is 8.40. The molecule has 0 aliphatic carbocycles. The van der Waals surface area contributed by atoms with Gasteiger partial charge in [0.25, 0.3) is 5.56 Å². The van der Waals surface area contributed by atoms with Crippen molar-refractivity contribution in [1.82, 2.24) is 20.0 Å². The zero-order valence-electron chi connectivity index (χ0n) is 14.0. The van der Waals surface area contributed by atoms with Crippen molar-refractivity contribution in [3.63, 3.8) is 0 Å². The molecular weight excluding hydrogens is 330 g/mol. The molecular formula is C19H17N5O2. The minimum absolute atomic E-state index is 0.0957. The monoisotopic (exact) mass is 347 g/mol. The Morgan fingerprint density at radius 3 is 2.96 bits per heavy atom. The molecule has 26 heavy (non-hydrogen) atoms. The maximum Gasteiger partial charge on any atom is 0.277 e. The number of carbonyl (C=O) groups is 1. The fourth-order valence-electron chi connectivity index (χ4n) is 2.91. The summed E-state index contributed by atoms with van der Waals surface area (Å²) in [6.45, 7) is 0.348. The fourth-order valence-corrected chi connectivity index (χ4v) is 2.91. The summed E-state index contributed by atoms with van der Waals surface area (Å²) in [7, 11) is 0. The number of nitrogens with one attached hydrogen (secondary N) is 2. The third kappa shape index (κ3) is 3.19. The number of hydrogen-bond donors (Lipinski definition) is 2. The number of aromatic amines is 1. The number of benzene rings is 2. The molecule has 0 aliphatic rings.